The number of aryl methyl sites for hydroxylation is 2. The molecule has 3 N–H and O–H groups in total. The van der Waals surface area contributed by atoms with E-state index in [0.29, 0.717) is 31.2 Å². The first-order valence-electron chi connectivity index (χ1n) is 8.17. The Bertz CT molecular complexity index is 662. The average molecular weight is 313 g/mol. The third-order valence-electron chi connectivity index (χ3n) is 4.21. The van der Waals surface area contributed by atoms with Crippen LogP contribution >= 0.6 is 0 Å². The van der Waals surface area contributed by atoms with E-state index in [1.54, 1.807) is 0 Å². The Labute approximate surface area is 136 Å². The first-order chi connectivity index (χ1) is 11.1. The average Bonchev–Trinajstić information content (AvgIpc) is 3.35. The van der Waals surface area contributed by atoms with Crippen molar-refractivity contribution in [2.45, 2.75) is 38.6 Å². The zero-order chi connectivity index (χ0) is 16.2. The van der Waals surface area contributed by atoms with Gasteiger partial charge >= 0.3 is 0 Å². The fourth-order valence-corrected chi connectivity index (χ4v) is 2.65. The van der Waals surface area contributed by atoms with Crippen LogP contribution in [-0.4, -0.2) is 23.5 Å². The summed E-state index contributed by atoms with van der Waals surface area (Å²) in [5, 5.41) is 2.89. The summed E-state index contributed by atoms with van der Waals surface area (Å²) in [6, 6.07) is 9.97. The molecule has 1 aliphatic rings. The highest BCUT2D eigenvalue weighted by molar-refractivity contribution is 5.76. The Morgan fingerprint density at radius 2 is 2.13 bits per heavy atom. The van der Waals surface area contributed by atoms with Crippen LogP contribution < -0.4 is 11.1 Å². The van der Waals surface area contributed by atoms with E-state index < -0.39 is 0 Å². The standard InChI is InChI=1S/C18H23N3O2/c1-12-18(14-5-3-2-4-6-14)23-17(21-12)10-9-16(22)20-11-15(19)13-7-8-13/h2-6,13,15H,7-11,19H2,1H3,(H,20,22). The lowest BCUT2D eigenvalue weighted by Crippen LogP contribution is -2.38. The van der Waals surface area contributed by atoms with Gasteiger partial charge in [0.25, 0.3) is 0 Å². The van der Waals surface area contributed by atoms with E-state index in [1.165, 1.54) is 12.8 Å². The number of carbonyl (C=O) groups excluding carboxylic acids is 1. The predicted molar refractivity (Wildman–Crippen MR) is 88.7 cm³/mol. The second-order valence-corrected chi connectivity index (χ2v) is 6.19. The molecule has 1 amide bonds. The number of rotatable bonds is 7. The molecule has 1 aromatic carbocycles. The van der Waals surface area contributed by atoms with E-state index >= 15 is 0 Å². The lowest BCUT2D eigenvalue weighted by molar-refractivity contribution is -0.121. The molecule has 0 spiro atoms. The summed E-state index contributed by atoms with van der Waals surface area (Å²) in [5.74, 6) is 1.97. The molecular formula is C18H23N3O2. The highest BCUT2D eigenvalue weighted by Gasteiger charge is 2.28. The minimum absolute atomic E-state index is 0.00165. The Kier molecular flexibility index (Phi) is 4.76. The zero-order valence-corrected chi connectivity index (χ0v) is 13.4. The van der Waals surface area contributed by atoms with Crippen molar-refractivity contribution >= 4 is 5.91 Å². The van der Waals surface area contributed by atoms with Gasteiger partial charge < -0.3 is 15.5 Å². The normalized spacial score (nSPS) is 15.4. The lowest BCUT2D eigenvalue weighted by atomic mass is 10.1. The largest absolute Gasteiger partial charge is 0.440 e. The van der Waals surface area contributed by atoms with E-state index in [4.69, 9.17) is 10.2 Å². The van der Waals surface area contributed by atoms with Crippen molar-refractivity contribution < 1.29 is 9.21 Å². The Hall–Kier alpha value is -2.14. The monoisotopic (exact) mass is 313 g/mol. The summed E-state index contributed by atoms with van der Waals surface area (Å²) in [5.41, 5.74) is 7.83. The number of amides is 1. The van der Waals surface area contributed by atoms with Crippen LogP contribution in [0.4, 0.5) is 0 Å². The number of nitrogens with two attached hydrogens (primary N) is 1. The molecular weight excluding hydrogens is 290 g/mol. The van der Waals surface area contributed by atoms with Gasteiger partial charge in [0.2, 0.25) is 5.91 Å². The van der Waals surface area contributed by atoms with Crippen molar-refractivity contribution in [1.29, 1.82) is 0 Å². The molecule has 122 valence electrons. The van der Waals surface area contributed by atoms with Gasteiger partial charge in [0.1, 0.15) is 0 Å². The molecule has 2 aromatic rings. The molecule has 0 radical (unpaired) electrons. The van der Waals surface area contributed by atoms with Crippen molar-refractivity contribution in [3.05, 3.63) is 41.9 Å². The summed E-state index contributed by atoms with van der Waals surface area (Å²) in [6.45, 7) is 2.48. The Morgan fingerprint density at radius 3 is 2.83 bits per heavy atom. The van der Waals surface area contributed by atoms with Crippen molar-refractivity contribution in [3.63, 3.8) is 0 Å². The Balaban J connectivity index is 1.51. The van der Waals surface area contributed by atoms with Gasteiger partial charge in [-0.25, -0.2) is 4.98 Å². The molecule has 0 aliphatic heterocycles. The van der Waals surface area contributed by atoms with Crippen molar-refractivity contribution in [3.8, 4) is 11.3 Å². The summed E-state index contributed by atoms with van der Waals surface area (Å²) >= 11 is 0. The summed E-state index contributed by atoms with van der Waals surface area (Å²) in [6.07, 6.45) is 3.24. The molecule has 1 unspecified atom stereocenters. The fraction of sp³-hybridized carbons (Fsp3) is 0.444. The lowest BCUT2D eigenvalue weighted by Gasteiger charge is -2.10. The summed E-state index contributed by atoms with van der Waals surface area (Å²) in [7, 11) is 0. The number of nitrogens with one attached hydrogen (secondary N) is 1. The summed E-state index contributed by atoms with van der Waals surface area (Å²) < 4.78 is 5.81. The van der Waals surface area contributed by atoms with Crippen LogP contribution in [0.2, 0.25) is 0 Å². The van der Waals surface area contributed by atoms with E-state index in [2.05, 4.69) is 10.3 Å². The van der Waals surface area contributed by atoms with Crippen LogP contribution in [0, 0.1) is 12.8 Å². The topological polar surface area (TPSA) is 81.2 Å². The van der Waals surface area contributed by atoms with Crippen molar-refractivity contribution in [2.24, 2.45) is 11.7 Å². The molecule has 23 heavy (non-hydrogen) atoms. The minimum atomic E-state index is -0.00165. The van der Waals surface area contributed by atoms with E-state index in [9.17, 15) is 4.79 Å². The van der Waals surface area contributed by atoms with Gasteiger partial charge in [0.05, 0.1) is 5.69 Å². The molecule has 1 heterocycles. The van der Waals surface area contributed by atoms with Gasteiger partial charge in [-0.15, -0.1) is 0 Å². The number of benzene rings is 1. The van der Waals surface area contributed by atoms with E-state index in [-0.39, 0.29) is 11.9 Å². The van der Waals surface area contributed by atoms with Gasteiger partial charge in [0, 0.05) is 31.0 Å². The molecule has 5 nitrogen and oxygen atoms in total. The number of hydrogen-bond donors (Lipinski definition) is 2. The first-order valence-corrected chi connectivity index (χ1v) is 8.17. The molecule has 0 bridgehead atoms. The Morgan fingerprint density at radius 1 is 1.39 bits per heavy atom. The van der Waals surface area contributed by atoms with Gasteiger partial charge in [0.15, 0.2) is 11.7 Å². The number of nitrogens with zero attached hydrogens (tertiary/aromatic N) is 1. The minimum Gasteiger partial charge on any atom is -0.440 e. The third kappa shape index (κ3) is 4.20. The first kappa shape index (κ1) is 15.7. The maximum absolute atomic E-state index is 11.9. The maximum atomic E-state index is 11.9. The predicted octanol–water partition coefficient (Wildman–Crippen LogP) is 2.44. The second kappa shape index (κ2) is 6.96. The van der Waals surface area contributed by atoms with E-state index in [1.807, 2.05) is 37.3 Å². The molecule has 1 fully saturated rings. The third-order valence-corrected chi connectivity index (χ3v) is 4.21. The highest BCUT2D eigenvalue weighted by atomic mass is 16.4. The van der Waals surface area contributed by atoms with Gasteiger partial charge in [-0.05, 0) is 25.7 Å². The highest BCUT2D eigenvalue weighted by Crippen LogP contribution is 2.31. The molecule has 3 rings (SSSR count). The van der Waals surface area contributed by atoms with Crippen molar-refractivity contribution in [2.75, 3.05) is 6.54 Å². The zero-order valence-electron chi connectivity index (χ0n) is 13.4. The number of aromatic nitrogens is 1. The maximum Gasteiger partial charge on any atom is 0.220 e. The second-order valence-electron chi connectivity index (χ2n) is 6.19. The molecule has 1 aliphatic carbocycles. The molecule has 5 heteroatoms. The quantitative estimate of drug-likeness (QED) is 0.822. The number of carbonyl (C=O) groups is 1. The van der Waals surface area contributed by atoms with E-state index in [0.717, 1.165) is 17.0 Å². The smallest absolute Gasteiger partial charge is 0.220 e. The van der Waals surface area contributed by atoms with Crippen LogP contribution in [0.15, 0.2) is 34.7 Å². The van der Waals surface area contributed by atoms with Gasteiger partial charge in [-0.1, -0.05) is 30.3 Å². The molecule has 1 aromatic heterocycles. The van der Waals surface area contributed by atoms with Crippen LogP contribution in [0.3, 0.4) is 0 Å². The van der Waals surface area contributed by atoms with Gasteiger partial charge in [-0.2, -0.15) is 0 Å². The van der Waals surface area contributed by atoms with Crippen LogP contribution in [0.1, 0.15) is 30.8 Å². The number of hydrogen-bond acceptors (Lipinski definition) is 4. The molecule has 1 atom stereocenters. The molecule has 1 saturated carbocycles. The van der Waals surface area contributed by atoms with Crippen LogP contribution in [0.25, 0.3) is 11.3 Å². The fourth-order valence-electron chi connectivity index (χ4n) is 2.65. The SMILES string of the molecule is Cc1nc(CCC(=O)NCC(N)C2CC2)oc1-c1ccccc1. The van der Waals surface area contributed by atoms with Crippen LogP contribution in [0.5, 0.6) is 0 Å². The summed E-state index contributed by atoms with van der Waals surface area (Å²) in [4.78, 5) is 16.3. The van der Waals surface area contributed by atoms with Crippen molar-refractivity contribution in [1.82, 2.24) is 10.3 Å². The number of oxazole rings is 1. The van der Waals surface area contributed by atoms with Crippen LogP contribution in [-0.2, 0) is 11.2 Å². The molecule has 0 saturated heterocycles. The van der Waals surface area contributed by atoms with Gasteiger partial charge in [-0.3, -0.25) is 4.79 Å².